The number of rotatable bonds is 45. The summed E-state index contributed by atoms with van der Waals surface area (Å²) < 4.78 is 16.7. The topological polar surface area (TPSA) is 78.9 Å². The van der Waals surface area contributed by atoms with Gasteiger partial charge in [0.2, 0.25) is 0 Å². The summed E-state index contributed by atoms with van der Waals surface area (Å²) in [7, 11) is 0. The largest absolute Gasteiger partial charge is 0.462 e. The summed E-state index contributed by atoms with van der Waals surface area (Å²) in [6, 6.07) is 0. The van der Waals surface area contributed by atoms with Gasteiger partial charge in [0.25, 0.3) is 0 Å². The van der Waals surface area contributed by atoms with Gasteiger partial charge >= 0.3 is 17.9 Å². The summed E-state index contributed by atoms with van der Waals surface area (Å²) in [6.07, 6.45) is 51.9. The molecular weight excluding hydrogens is 709 g/mol. The van der Waals surface area contributed by atoms with Gasteiger partial charge in [0.05, 0.1) is 0 Å². The lowest BCUT2D eigenvalue weighted by Crippen LogP contribution is -2.30. The molecule has 1 atom stereocenters. The van der Waals surface area contributed by atoms with E-state index >= 15 is 0 Å². The molecule has 0 N–H and O–H groups in total. The van der Waals surface area contributed by atoms with E-state index in [4.69, 9.17) is 14.2 Å². The van der Waals surface area contributed by atoms with Gasteiger partial charge in [0, 0.05) is 19.3 Å². The minimum Gasteiger partial charge on any atom is -0.462 e. The van der Waals surface area contributed by atoms with Crippen LogP contribution in [-0.4, -0.2) is 37.2 Å². The van der Waals surface area contributed by atoms with Crippen LogP contribution in [0.1, 0.15) is 265 Å². The van der Waals surface area contributed by atoms with Gasteiger partial charge in [-0.25, -0.2) is 0 Å². The van der Waals surface area contributed by atoms with E-state index in [-0.39, 0.29) is 31.1 Å². The first-order valence-electron chi connectivity index (χ1n) is 24.8. The van der Waals surface area contributed by atoms with E-state index in [0.29, 0.717) is 19.3 Å². The number of carbonyl (C=O) groups excluding carboxylic acids is 3. The molecule has 1 unspecified atom stereocenters. The minimum atomic E-state index is -0.766. The molecular formula is C51H94O6. The second kappa shape index (κ2) is 46.6. The van der Waals surface area contributed by atoms with Crippen molar-refractivity contribution in [2.24, 2.45) is 0 Å². The van der Waals surface area contributed by atoms with Crippen LogP contribution in [0.3, 0.4) is 0 Å². The Morgan fingerprint density at radius 2 is 0.632 bits per heavy atom. The van der Waals surface area contributed by atoms with Crippen molar-refractivity contribution < 1.29 is 28.6 Å². The van der Waals surface area contributed by atoms with Crippen molar-refractivity contribution in [2.75, 3.05) is 13.2 Å². The lowest BCUT2D eigenvalue weighted by atomic mass is 10.0. The van der Waals surface area contributed by atoms with E-state index in [9.17, 15) is 14.4 Å². The number of esters is 3. The van der Waals surface area contributed by atoms with E-state index in [1.165, 1.54) is 148 Å². The second-order valence-electron chi connectivity index (χ2n) is 16.7. The van der Waals surface area contributed by atoms with Crippen LogP contribution in [0.4, 0.5) is 0 Å². The average molecular weight is 803 g/mol. The molecule has 0 aromatic rings. The molecule has 0 aromatic heterocycles. The van der Waals surface area contributed by atoms with E-state index in [1.54, 1.807) is 0 Å². The summed E-state index contributed by atoms with van der Waals surface area (Å²) in [6.45, 7) is 6.55. The van der Waals surface area contributed by atoms with Crippen molar-refractivity contribution in [3.8, 4) is 0 Å². The zero-order chi connectivity index (χ0) is 41.5. The Morgan fingerprint density at radius 3 is 0.982 bits per heavy atom. The lowest BCUT2D eigenvalue weighted by molar-refractivity contribution is -0.167. The Balaban J connectivity index is 4.16. The SMILES string of the molecule is CCCCCC/C=C\C/C=C\CCCCCCCCCC(=O)OCC(COC(=O)CCCCCCC)OC(=O)CCCCCCCCCCCCCCCCCC. The molecule has 57 heavy (non-hydrogen) atoms. The van der Waals surface area contributed by atoms with E-state index < -0.39 is 6.10 Å². The maximum absolute atomic E-state index is 12.7. The quantitative estimate of drug-likeness (QED) is 0.0264. The van der Waals surface area contributed by atoms with Crippen molar-refractivity contribution in [3.05, 3.63) is 24.3 Å². The van der Waals surface area contributed by atoms with E-state index in [0.717, 1.165) is 77.0 Å². The van der Waals surface area contributed by atoms with Crippen LogP contribution in [-0.2, 0) is 28.6 Å². The molecule has 6 heteroatoms. The molecule has 0 bridgehead atoms. The molecule has 0 aromatic carbocycles. The third kappa shape index (κ3) is 44.8. The van der Waals surface area contributed by atoms with Crippen molar-refractivity contribution in [1.29, 1.82) is 0 Å². The first-order valence-corrected chi connectivity index (χ1v) is 24.8. The Labute approximate surface area is 353 Å². The monoisotopic (exact) mass is 803 g/mol. The van der Waals surface area contributed by atoms with Crippen LogP contribution >= 0.6 is 0 Å². The Kier molecular flexibility index (Phi) is 44.9. The van der Waals surface area contributed by atoms with E-state index in [1.807, 2.05) is 0 Å². The van der Waals surface area contributed by atoms with Crippen LogP contribution in [0, 0.1) is 0 Å². The Morgan fingerprint density at radius 1 is 0.351 bits per heavy atom. The number of ether oxygens (including phenoxy) is 3. The molecule has 0 spiro atoms. The van der Waals surface area contributed by atoms with Gasteiger partial charge in [-0.2, -0.15) is 0 Å². The maximum atomic E-state index is 12.7. The highest BCUT2D eigenvalue weighted by molar-refractivity contribution is 5.71. The number of carbonyl (C=O) groups is 3. The first kappa shape index (κ1) is 54.9. The fourth-order valence-electron chi connectivity index (χ4n) is 7.18. The predicted molar refractivity (Wildman–Crippen MR) is 243 cm³/mol. The van der Waals surface area contributed by atoms with Gasteiger partial charge in [-0.1, -0.05) is 218 Å². The third-order valence-electron chi connectivity index (χ3n) is 11.0. The molecule has 6 nitrogen and oxygen atoms in total. The fourth-order valence-corrected chi connectivity index (χ4v) is 7.18. The molecule has 0 heterocycles. The Bertz CT molecular complexity index is 927. The molecule has 0 aliphatic carbocycles. The van der Waals surface area contributed by atoms with Crippen LogP contribution in [0.25, 0.3) is 0 Å². The van der Waals surface area contributed by atoms with Gasteiger partial charge in [0.1, 0.15) is 13.2 Å². The smallest absolute Gasteiger partial charge is 0.306 e. The number of unbranched alkanes of at least 4 members (excludes halogenated alkanes) is 30. The molecule has 0 aliphatic rings. The zero-order valence-electron chi connectivity index (χ0n) is 38.1. The lowest BCUT2D eigenvalue weighted by Gasteiger charge is -2.18. The highest BCUT2D eigenvalue weighted by atomic mass is 16.6. The van der Waals surface area contributed by atoms with Gasteiger partial charge < -0.3 is 14.2 Å². The molecule has 0 amide bonds. The normalized spacial score (nSPS) is 12.1. The highest BCUT2D eigenvalue weighted by Crippen LogP contribution is 2.16. The summed E-state index contributed by atoms with van der Waals surface area (Å²) in [5, 5.41) is 0. The summed E-state index contributed by atoms with van der Waals surface area (Å²) >= 11 is 0. The number of hydrogen-bond acceptors (Lipinski definition) is 6. The Hall–Kier alpha value is -2.11. The average Bonchev–Trinajstić information content (AvgIpc) is 3.21. The van der Waals surface area contributed by atoms with Gasteiger partial charge in [-0.15, -0.1) is 0 Å². The molecule has 0 fully saturated rings. The van der Waals surface area contributed by atoms with Gasteiger partial charge in [-0.05, 0) is 51.4 Å². The summed E-state index contributed by atoms with van der Waals surface area (Å²) in [4.78, 5) is 37.6. The molecule has 0 saturated carbocycles. The second-order valence-corrected chi connectivity index (χ2v) is 16.7. The minimum absolute atomic E-state index is 0.0716. The van der Waals surface area contributed by atoms with Crippen molar-refractivity contribution in [2.45, 2.75) is 271 Å². The zero-order valence-corrected chi connectivity index (χ0v) is 38.1. The number of hydrogen-bond donors (Lipinski definition) is 0. The molecule has 334 valence electrons. The van der Waals surface area contributed by atoms with Crippen LogP contribution in [0.15, 0.2) is 24.3 Å². The molecule has 0 rings (SSSR count). The molecule has 0 aliphatic heterocycles. The fraction of sp³-hybridized carbons (Fsp3) is 0.863. The van der Waals surface area contributed by atoms with Gasteiger partial charge in [-0.3, -0.25) is 14.4 Å². The van der Waals surface area contributed by atoms with Crippen LogP contribution in [0.2, 0.25) is 0 Å². The summed E-state index contributed by atoms with van der Waals surface area (Å²) in [5.41, 5.74) is 0. The standard InChI is InChI=1S/C51H94O6/c1-4-7-10-13-15-17-19-21-23-25-26-28-29-31-33-35-38-41-44-50(53)56-47-48(46-55-49(52)43-40-37-12-9-6-3)57-51(54)45-42-39-36-34-32-30-27-24-22-20-18-16-14-11-8-5-2/h17,19,23,25,48H,4-16,18,20-22,24,26-47H2,1-3H3/b19-17-,25-23-. The van der Waals surface area contributed by atoms with Crippen molar-refractivity contribution in [1.82, 2.24) is 0 Å². The van der Waals surface area contributed by atoms with E-state index in [2.05, 4.69) is 45.1 Å². The maximum Gasteiger partial charge on any atom is 0.306 e. The van der Waals surface area contributed by atoms with Crippen LogP contribution < -0.4 is 0 Å². The van der Waals surface area contributed by atoms with Crippen molar-refractivity contribution in [3.63, 3.8) is 0 Å². The molecule has 0 saturated heterocycles. The third-order valence-corrected chi connectivity index (χ3v) is 11.0. The summed E-state index contributed by atoms with van der Waals surface area (Å²) in [5.74, 6) is -0.882. The number of allylic oxidation sites excluding steroid dienone is 4. The highest BCUT2D eigenvalue weighted by Gasteiger charge is 2.19. The molecule has 0 radical (unpaired) electrons. The van der Waals surface area contributed by atoms with Gasteiger partial charge in [0.15, 0.2) is 6.10 Å². The first-order chi connectivity index (χ1) is 28.0. The van der Waals surface area contributed by atoms with Crippen LogP contribution in [0.5, 0.6) is 0 Å². The predicted octanol–water partition coefficient (Wildman–Crippen LogP) is 16.0. The van der Waals surface area contributed by atoms with Crippen molar-refractivity contribution >= 4 is 17.9 Å².